The van der Waals surface area contributed by atoms with Gasteiger partial charge in [0, 0.05) is 13.1 Å². The van der Waals surface area contributed by atoms with Gasteiger partial charge in [-0.05, 0) is 54.0 Å². The molecule has 1 aromatic rings. The van der Waals surface area contributed by atoms with Crippen LogP contribution in [0, 0.1) is 6.92 Å². The van der Waals surface area contributed by atoms with Crippen LogP contribution in [0.2, 0.25) is 0 Å². The number of ether oxygens (including phenoxy) is 1. The molecule has 0 atom stereocenters. The van der Waals surface area contributed by atoms with Crippen LogP contribution in [0.25, 0.3) is 5.57 Å². The Morgan fingerprint density at radius 3 is 2.75 bits per heavy atom. The number of rotatable bonds is 2. The quantitative estimate of drug-likeness (QED) is 0.733. The Kier molecular flexibility index (Phi) is 3.52. The Hall–Kier alpha value is -0.990. The van der Waals surface area contributed by atoms with Gasteiger partial charge in [0.15, 0.2) is 0 Å². The Labute approximate surface area is 102 Å². The zero-order valence-electron chi connectivity index (χ0n) is 9.66. The van der Waals surface area contributed by atoms with Gasteiger partial charge in [0.2, 0.25) is 0 Å². The number of nitrogens with zero attached hydrogens (tertiary/aromatic N) is 1. The average Bonchev–Trinajstić information content (AvgIpc) is 2.30. The van der Waals surface area contributed by atoms with Gasteiger partial charge in [-0.1, -0.05) is 12.1 Å². The highest BCUT2D eigenvalue weighted by Gasteiger charge is 2.12. The zero-order valence-corrected chi connectivity index (χ0v) is 10.4. The van der Waals surface area contributed by atoms with E-state index in [1.54, 1.807) is 7.11 Å². The lowest BCUT2D eigenvalue weighted by atomic mass is 9.96. The Balaban J connectivity index is 2.27. The SMILES string of the molecule is COc1ccc(C2=CCN(Cl)CC2)c(C)c1. The molecule has 0 aliphatic carbocycles. The molecule has 86 valence electrons. The van der Waals surface area contributed by atoms with Crippen LogP contribution in [0.1, 0.15) is 17.5 Å². The summed E-state index contributed by atoms with van der Waals surface area (Å²) >= 11 is 5.93. The van der Waals surface area contributed by atoms with E-state index in [1.807, 2.05) is 10.5 Å². The van der Waals surface area contributed by atoms with Crippen LogP contribution in [-0.2, 0) is 0 Å². The monoisotopic (exact) mass is 237 g/mol. The largest absolute Gasteiger partial charge is 0.497 e. The molecular formula is C13H16ClNO. The standard InChI is InChI=1S/C13H16ClNO/c1-10-9-12(16-2)3-4-13(10)11-5-7-15(14)8-6-11/h3-5,9H,6-8H2,1-2H3. The van der Waals surface area contributed by atoms with Gasteiger partial charge in [0.1, 0.15) is 5.75 Å². The summed E-state index contributed by atoms with van der Waals surface area (Å²) < 4.78 is 7.01. The van der Waals surface area contributed by atoms with E-state index in [2.05, 4.69) is 25.1 Å². The van der Waals surface area contributed by atoms with Gasteiger partial charge < -0.3 is 4.74 Å². The Morgan fingerprint density at radius 2 is 2.19 bits per heavy atom. The van der Waals surface area contributed by atoms with Crippen LogP contribution in [0.5, 0.6) is 5.75 Å². The summed E-state index contributed by atoms with van der Waals surface area (Å²) in [5, 5.41) is 0. The fraction of sp³-hybridized carbons (Fsp3) is 0.385. The van der Waals surface area contributed by atoms with Crippen LogP contribution in [-0.4, -0.2) is 24.6 Å². The lowest BCUT2D eigenvalue weighted by Crippen LogP contribution is -2.18. The van der Waals surface area contributed by atoms with Crippen molar-refractivity contribution in [3.8, 4) is 5.75 Å². The number of aryl methyl sites for hydroxylation is 1. The Morgan fingerprint density at radius 1 is 1.38 bits per heavy atom. The van der Waals surface area contributed by atoms with Gasteiger partial charge in [-0.15, -0.1) is 0 Å². The molecule has 2 nitrogen and oxygen atoms in total. The molecule has 16 heavy (non-hydrogen) atoms. The zero-order chi connectivity index (χ0) is 11.5. The average molecular weight is 238 g/mol. The van der Waals surface area contributed by atoms with E-state index in [0.717, 1.165) is 25.3 Å². The summed E-state index contributed by atoms with van der Waals surface area (Å²) in [4.78, 5) is 0. The van der Waals surface area contributed by atoms with Gasteiger partial charge >= 0.3 is 0 Å². The molecule has 0 bridgehead atoms. The minimum Gasteiger partial charge on any atom is -0.497 e. The first-order chi connectivity index (χ1) is 7.70. The van der Waals surface area contributed by atoms with Crippen molar-refractivity contribution >= 4 is 17.3 Å². The van der Waals surface area contributed by atoms with E-state index in [-0.39, 0.29) is 0 Å². The van der Waals surface area contributed by atoms with Gasteiger partial charge in [-0.2, -0.15) is 0 Å². The molecule has 0 fully saturated rings. The van der Waals surface area contributed by atoms with E-state index >= 15 is 0 Å². The van der Waals surface area contributed by atoms with E-state index < -0.39 is 0 Å². The van der Waals surface area contributed by atoms with Crippen molar-refractivity contribution in [2.24, 2.45) is 0 Å². The number of methoxy groups -OCH3 is 1. The molecule has 0 spiro atoms. The predicted octanol–water partition coefficient (Wildman–Crippen LogP) is 3.25. The summed E-state index contributed by atoms with van der Waals surface area (Å²) in [6, 6.07) is 6.21. The van der Waals surface area contributed by atoms with E-state index in [0.29, 0.717) is 0 Å². The van der Waals surface area contributed by atoms with Gasteiger partial charge in [-0.25, -0.2) is 4.42 Å². The molecule has 0 unspecified atom stereocenters. The van der Waals surface area contributed by atoms with Crippen molar-refractivity contribution in [3.63, 3.8) is 0 Å². The summed E-state index contributed by atoms with van der Waals surface area (Å²) in [5.74, 6) is 0.914. The van der Waals surface area contributed by atoms with Crippen molar-refractivity contribution in [1.29, 1.82) is 0 Å². The van der Waals surface area contributed by atoms with Crippen molar-refractivity contribution in [3.05, 3.63) is 35.4 Å². The molecule has 3 heteroatoms. The molecule has 1 aliphatic rings. The van der Waals surface area contributed by atoms with Crippen molar-refractivity contribution < 1.29 is 4.74 Å². The summed E-state index contributed by atoms with van der Waals surface area (Å²) in [6.45, 7) is 3.85. The van der Waals surface area contributed by atoms with Gasteiger partial charge in [-0.3, -0.25) is 0 Å². The molecule has 2 rings (SSSR count). The van der Waals surface area contributed by atoms with Crippen LogP contribution in [0.15, 0.2) is 24.3 Å². The van der Waals surface area contributed by atoms with Crippen LogP contribution < -0.4 is 4.74 Å². The number of hydrogen-bond donors (Lipinski definition) is 0. The lowest BCUT2D eigenvalue weighted by Gasteiger charge is -2.21. The summed E-state index contributed by atoms with van der Waals surface area (Å²) in [5.41, 5.74) is 3.95. The minimum atomic E-state index is 0.822. The first kappa shape index (κ1) is 11.5. The maximum Gasteiger partial charge on any atom is 0.119 e. The van der Waals surface area contributed by atoms with Crippen molar-refractivity contribution in [1.82, 2.24) is 4.42 Å². The number of benzene rings is 1. The molecule has 1 aliphatic heterocycles. The first-order valence-electron chi connectivity index (χ1n) is 5.45. The van der Waals surface area contributed by atoms with E-state index in [9.17, 15) is 0 Å². The predicted molar refractivity (Wildman–Crippen MR) is 67.8 cm³/mol. The molecule has 0 aromatic heterocycles. The highest BCUT2D eigenvalue weighted by molar-refractivity contribution is 6.13. The highest BCUT2D eigenvalue weighted by atomic mass is 35.5. The van der Waals surface area contributed by atoms with Crippen LogP contribution in [0.4, 0.5) is 0 Å². The maximum atomic E-state index is 5.93. The van der Waals surface area contributed by atoms with E-state index in [4.69, 9.17) is 16.5 Å². The number of halogens is 1. The Bertz CT molecular complexity index is 414. The summed E-state index contributed by atoms with van der Waals surface area (Å²) in [6.07, 6.45) is 3.21. The second kappa shape index (κ2) is 4.89. The third-order valence-electron chi connectivity index (χ3n) is 2.94. The fourth-order valence-corrected chi connectivity index (χ4v) is 2.17. The minimum absolute atomic E-state index is 0.822. The first-order valence-corrected chi connectivity index (χ1v) is 5.79. The molecule has 0 N–H and O–H groups in total. The smallest absolute Gasteiger partial charge is 0.119 e. The molecule has 0 saturated heterocycles. The maximum absolute atomic E-state index is 5.93. The third kappa shape index (κ3) is 2.39. The normalized spacial score (nSPS) is 17.1. The lowest BCUT2D eigenvalue weighted by molar-refractivity contribution is 0.414. The number of hydrogen-bond acceptors (Lipinski definition) is 2. The van der Waals surface area contributed by atoms with Crippen molar-refractivity contribution in [2.75, 3.05) is 20.2 Å². The van der Waals surface area contributed by atoms with Crippen LogP contribution >= 0.6 is 11.8 Å². The molecular weight excluding hydrogens is 222 g/mol. The molecule has 1 heterocycles. The molecule has 1 aromatic carbocycles. The third-order valence-corrected chi connectivity index (χ3v) is 3.25. The second-order valence-corrected chi connectivity index (χ2v) is 4.51. The topological polar surface area (TPSA) is 12.5 Å². The molecule has 0 radical (unpaired) electrons. The highest BCUT2D eigenvalue weighted by Crippen LogP contribution is 2.28. The summed E-state index contributed by atoms with van der Waals surface area (Å²) in [7, 11) is 1.69. The van der Waals surface area contributed by atoms with E-state index in [1.165, 1.54) is 16.7 Å². The second-order valence-electron chi connectivity index (χ2n) is 4.03. The van der Waals surface area contributed by atoms with Gasteiger partial charge in [0.25, 0.3) is 0 Å². The van der Waals surface area contributed by atoms with Crippen molar-refractivity contribution in [2.45, 2.75) is 13.3 Å². The fourth-order valence-electron chi connectivity index (χ4n) is 2.01. The molecule has 0 saturated carbocycles. The van der Waals surface area contributed by atoms with Gasteiger partial charge in [0.05, 0.1) is 7.11 Å². The van der Waals surface area contributed by atoms with Crippen LogP contribution in [0.3, 0.4) is 0 Å². The molecule has 0 amide bonds.